The quantitative estimate of drug-likeness (QED) is 0.505. The van der Waals surface area contributed by atoms with E-state index in [1.165, 1.54) is 36.0 Å². The van der Waals surface area contributed by atoms with E-state index in [1.54, 1.807) is 0 Å². The van der Waals surface area contributed by atoms with Crippen molar-refractivity contribution in [3.05, 3.63) is 66.0 Å². The molecule has 0 saturated heterocycles. The number of anilines is 1. The number of halogens is 2. The van der Waals surface area contributed by atoms with E-state index in [-0.39, 0.29) is 17.4 Å². The van der Waals surface area contributed by atoms with Crippen LogP contribution in [-0.2, 0) is 11.3 Å². The van der Waals surface area contributed by atoms with E-state index in [9.17, 15) is 13.6 Å². The predicted octanol–water partition coefficient (Wildman–Crippen LogP) is 4.54. The van der Waals surface area contributed by atoms with Crippen LogP contribution >= 0.6 is 11.8 Å². The number of amides is 1. The van der Waals surface area contributed by atoms with Gasteiger partial charge in [-0.2, -0.15) is 8.78 Å². The monoisotopic (exact) mass is 430 g/mol. The summed E-state index contributed by atoms with van der Waals surface area (Å²) < 4.78 is 30.8. The molecule has 6 nitrogen and oxygen atoms in total. The Hall–Kier alpha value is -2.94. The lowest BCUT2D eigenvalue weighted by Crippen LogP contribution is -2.15. The van der Waals surface area contributed by atoms with E-state index >= 15 is 0 Å². The molecule has 1 saturated carbocycles. The molecule has 2 aromatic carbocycles. The summed E-state index contributed by atoms with van der Waals surface area (Å²) in [6.45, 7) is -2.22. The van der Waals surface area contributed by atoms with Gasteiger partial charge in [-0.1, -0.05) is 42.1 Å². The average Bonchev–Trinajstić information content (AvgIpc) is 3.50. The fourth-order valence-corrected chi connectivity index (χ4v) is 3.76. The molecule has 1 N–H and O–H groups in total. The molecule has 1 aliphatic rings. The summed E-state index contributed by atoms with van der Waals surface area (Å²) in [5.41, 5.74) is 1.66. The molecule has 9 heteroatoms. The van der Waals surface area contributed by atoms with Gasteiger partial charge < -0.3 is 14.6 Å². The van der Waals surface area contributed by atoms with Gasteiger partial charge >= 0.3 is 6.61 Å². The number of hydrogen-bond donors (Lipinski definition) is 1. The summed E-state index contributed by atoms with van der Waals surface area (Å²) in [5.74, 6) is 1.39. The fraction of sp³-hybridized carbons (Fsp3) is 0.286. The van der Waals surface area contributed by atoms with Crippen LogP contribution in [0.1, 0.15) is 30.1 Å². The number of nitrogens with zero attached hydrogens (tertiary/aromatic N) is 3. The summed E-state index contributed by atoms with van der Waals surface area (Å²) in [7, 11) is 0. The molecular formula is C21H20F2N4O2S. The van der Waals surface area contributed by atoms with Gasteiger partial charge in [0.1, 0.15) is 11.6 Å². The summed E-state index contributed by atoms with van der Waals surface area (Å²) in [6, 6.07) is 15.9. The van der Waals surface area contributed by atoms with E-state index in [2.05, 4.69) is 37.0 Å². The molecule has 30 heavy (non-hydrogen) atoms. The number of aromatic nitrogens is 3. The lowest BCUT2D eigenvalue weighted by molar-refractivity contribution is -0.113. The van der Waals surface area contributed by atoms with Crippen LogP contribution in [-0.4, -0.2) is 33.0 Å². The van der Waals surface area contributed by atoms with Gasteiger partial charge in [-0.3, -0.25) is 4.79 Å². The maximum absolute atomic E-state index is 12.3. The molecule has 1 aromatic heterocycles. The molecule has 1 fully saturated rings. The van der Waals surface area contributed by atoms with Crippen LogP contribution in [0.25, 0.3) is 0 Å². The Morgan fingerprint density at radius 2 is 1.87 bits per heavy atom. The third-order valence-electron chi connectivity index (χ3n) is 4.57. The Kier molecular flexibility index (Phi) is 6.27. The zero-order valence-corrected chi connectivity index (χ0v) is 16.8. The average molecular weight is 430 g/mol. The number of carbonyl (C=O) groups excluding carboxylic acids is 1. The van der Waals surface area contributed by atoms with E-state index in [4.69, 9.17) is 0 Å². The molecule has 1 amide bonds. The summed E-state index contributed by atoms with van der Waals surface area (Å²) in [6.07, 6.45) is 2.23. The fourth-order valence-electron chi connectivity index (χ4n) is 3.01. The molecular weight excluding hydrogens is 410 g/mol. The smallest absolute Gasteiger partial charge is 0.387 e. The van der Waals surface area contributed by atoms with Crippen LogP contribution < -0.4 is 10.1 Å². The first-order valence-electron chi connectivity index (χ1n) is 9.53. The van der Waals surface area contributed by atoms with Crippen molar-refractivity contribution in [1.82, 2.24) is 14.8 Å². The Morgan fingerprint density at radius 3 is 2.53 bits per heavy atom. The van der Waals surface area contributed by atoms with E-state index in [0.29, 0.717) is 23.3 Å². The van der Waals surface area contributed by atoms with Gasteiger partial charge in [-0.05, 0) is 42.7 Å². The molecule has 156 valence electrons. The van der Waals surface area contributed by atoms with Gasteiger partial charge in [-0.25, -0.2) is 0 Å². The van der Waals surface area contributed by atoms with E-state index in [1.807, 2.05) is 18.2 Å². The first-order valence-corrected chi connectivity index (χ1v) is 10.5. The number of benzene rings is 2. The number of thioether (sulfide) groups is 1. The highest BCUT2D eigenvalue weighted by Crippen LogP contribution is 2.40. The first-order chi connectivity index (χ1) is 14.6. The molecule has 1 heterocycles. The minimum Gasteiger partial charge on any atom is -0.435 e. The number of nitrogens with one attached hydrogen (secondary N) is 1. The van der Waals surface area contributed by atoms with Gasteiger partial charge in [-0.15, -0.1) is 10.2 Å². The van der Waals surface area contributed by atoms with Crippen LogP contribution in [0, 0.1) is 0 Å². The van der Waals surface area contributed by atoms with Crippen molar-refractivity contribution in [2.75, 3.05) is 11.1 Å². The van der Waals surface area contributed by atoms with Crippen molar-refractivity contribution in [2.45, 2.75) is 37.1 Å². The van der Waals surface area contributed by atoms with E-state index in [0.717, 1.165) is 24.2 Å². The van der Waals surface area contributed by atoms with Crippen molar-refractivity contribution in [3.8, 4) is 5.75 Å². The molecule has 3 aromatic rings. The van der Waals surface area contributed by atoms with Crippen LogP contribution in [0.3, 0.4) is 0 Å². The van der Waals surface area contributed by atoms with Crippen molar-refractivity contribution >= 4 is 23.4 Å². The minimum absolute atomic E-state index is 0.0407. The Balaban J connectivity index is 1.38. The molecule has 0 aliphatic heterocycles. The van der Waals surface area contributed by atoms with Gasteiger partial charge in [0.15, 0.2) is 5.16 Å². The summed E-state index contributed by atoms with van der Waals surface area (Å²) >= 11 is 1.32. The lowest BCUT2D eigenvalue weighted by Gasteiger charge is -2.10. The van der Waals surface area contributed by atoms with Gasteiger partial charge in [0.2, 0.25) is 5.91 Å². The number of carbonyl (C=O) groups is 1. The Labute approximate surface area is 176 Å². The van der Waals surface area contributed by atoms with Gasteiger partial charge in [0.25, 0.3) is 0 Å². The number of rotatable bonds is 9. The SMILES string of the molecule is O=C(CSc1nnc(C2CC2)n1Cc1ccccc1)Nc1ccc(OC(F)F)cc1. The largest absolute Gasteiger partial charge is 0.435 e. The van der Waals surface area contributed by atoms with Crippen LogP contribution in [0.2, 0.25) is 0 Å². The number of hydrogen-bond acceptors (Lipinski definition) is 5. The second-order valence-corrected chi connectivity index (χ2v) is 7.87. The number of alkyl halides is 2. The van der Waals surface area contributed by atoms with Crippen LogP contribution in [0.15, 0.2) is 59.8 Å². The molecule has 0 radical (unpaired) electrons. The first kappa shape index (κ1) is 20.3. The molecule has 0 atom stereocenters. The van der Waals surface area contributed by atoms with Crippen molar-refractivity contribution < 1.29 is 18.3 Å². The second-order valence-electron chi connectivity index (χ2n) is 6.93. The second kappa shape index (κ2) is 9.25. The lowest BCUT2D eigenvalue weighted by atomic mass is 10.2. The number of ether oxygens (including phenoxy) is 1. The molecule has 1 aliphatic carbocycles. The predicted molar refractivity (Wildman–Crippen MR) is 110 cm³/mol. The summed E-state index contributed by atoms with van der Waals surface area (Å²) in [5, 5.41) is 12.1. The Bertz CT molecular complexity index is 992. The summed E-state index contributed by atoms with van der Waals surface area (Å²) in [4.78, 5) is 12.3. The standard InChI is InChI=1S/C21H20F2N4O2S/c22-20(23)29-17-10-8-16(9-11-17)24-18(28)13-30-21-26-25-19(15-6-7-15)27(21)12-14-4-2-1-3-5-14/h1-5,8-11,15,20H,6-7,12-13H2,(H,24,28). The van der Waals surface area contributed by atoms with Gasteiger partial charge in [0, 0.05) is 11.6 Å². The van der Waals surface area contributed by atoms with Crippen molar-refractivity contribution in [2.24, 2.45) is 0 Å². The molecule has 4 rings (SSSR count). The molecule has 0 unspecified atom stereocenters. The van der Waals surface area contributed by atoms with E-state index < -0.39 is 6.61 Å². The maximum atomic E-state index is 12.3. The van der Waals surface area contributed by atoms with Crippen molar-refractivity contribution in [1.29, 1.82) is 0 Å². The normalized spacial score (nSPS) is 13.4. The van der Waals surface area contributed by atoms with Crippen LogP contribution in [0.5, 0.6) is 5.75 Å². The highest BCUT2D eigenvalue weighted by molar-refractivity contribution is 7.99. The third kappa shape index (κ3) is 5.35. The highest BCUT2D eigenvalue weighted by Gasteiger charge is 2.30. The zero-order valence-electron chi connectivity index (χ0n) is 16.0. The van der Waals surface area contributed by atoms with Crippen molar-refractivity contribution in [3.63, 3.8) is 0 Å². The third-order valence-corrected chi connectivity index (χ3v) is 5.53. The van der Waals surface area contributed by atoms with Crippen LogP contribution in [0.4, 0.5) is 14.5 Å². The minimum atomic E-state index is -2.88. The zero-order chi connectivity index (χ0) is 20.9. The molecule has 0 spiro atoms. The maximum Gasteiger partial charge on any atom is 0.387 e. The highest BCUT2D eigenvalue weighted by atomic mass is 32.2. The molecule has 0 bridgehead atoms. The topological polar surface area (TPSA) is 69.0 Å². The Morgan fingerprint density at radius 1 is 1.13 bits per heavy atom. The van der Waals surface area contributed by atoms with Gasteiger partial charge in [0.05, 0.1) is 12.3 Å².